The van der Waals surface area contributed by atoms with Gasteiger partial charge in [0.1, 0.15) is 0 Å². The second-order valence-corrected chi connectivity index (χ2v) is 10.0. The molecule has 0 aromatic carbocycles. The van der Waals surface area contributed by atoms with Crippen LogP contribution in [-0.2, 0) is 14.0 Å². The van der Waals surface area contributed by atoms with E-state index in [2.05, 4.69) is 0 Å². The second kappa shape index (κ2) is 5.12. The summed E-state index contributed by atoms with van der Waals surface area (Å²) in [6.45, 7) is 7.68. The highest BCUT2D eigenvalue weighted by Crippen LogP contribution is 2.23. The zero-order valence-corrected chi connectivity index (χ0v) is 10.8. The molecule has 0 unspecified atom stereocenters. The van der Waals surface area contributed by atoms with Gasteiger partial charge >= 0.3 is 0 Å². The van der Waals surface area contributed by atoms with Gasteiger partial charge in [0, 0.05) is 0 Å². The minimum absolute atomic E-state index is 0.0851. The van der Waals surface area contributed by atoms with Crippen LogP contribution < -0.4 is 0 Å². The van der Waals surface area contributed by atoms with E-state index in [1.165, 1.54) is 0 Å². The van der Waals surface area contributed by atoms with Crippen molar-refractivity contribution in [3.63, 3.8) is 0 Å². The highest BCUT2D eigenvalue weighted by atomic mass is 32.2. The van der Waals surface area contributed by atoms with Gasteiger partial charge in [-0.2, -0.15) is 0 Å². The molecular formula is C8H20O3SSi. The Morgan fingerprint density at radius 3 is 1.62 bits per heavy atom. The fourth-order valence-corrected chi connectivity index (χ4v) is 6.80. The third-order valence-corrected chi connectivity index (χ3v) is 9.59. The Morgan fingerprint density at radius 1 is 1.00 bits per heavy atom. The fourth-order valence-electron chi connectivity index (χ4n) is 1.26. The summed E-state index contributed by atoms with van der Waals surface area (Å²) in [5.41, 5.74) is 0. The summed E-state index contributed by atoms with van der Waals surface area (Å²) < 4.78 is 27.9. The Labute approximate surface area is 82.7 Å². The summed E-state index contributed by atoms with van der Waals surface area (Å²) >= 11 is 0. The van der Waals surface area contributed by atoms with Crippen LogP contribution in [0.3, 0.4) is 0 Å². The van der Waals surface area contributed by atoms with Crippen molar-refractivity contribution in [2.45, 2.75) is 45.8 Å². The average molecular weight is 224 g/mol. The first-order valence-electron chi connectivity index (χ1n) is 4.88. The molecule has 0 atom stereocenters. The van der Waals surface area contributed by atoms with Crippen molar-refractivity contribution in [1.29, 1.82) is 0 Å². The minimum atomic E-state index is -3.25. The summed E-state index contributed by atoms with van der Waals surface area (Å²) in [4.78, 5) is 0. The van der Waals surface area contributed by atoms with Crippen LogP contribution in [-0.4, -0.2) is 22.5 Å². The molecule has 0 saturated heterocycles. The van der Waals surface area contributed by atoms with Crippen molar-refractivity contribution in [3.05, 3.63) is 0 Å². The second-order valence-electron chi connectivity index (χ2n) is 3.17. The molecule has 80 valence electrons. The number of hydrogen-bond donors (Lipinski definition) is 0. The van der Waals surface area contributed by atoms with Crippen molar-refractivity contribution < 1.29 is 12.3 Å². The van der Waals surface area contributed by atoms with Gasteiger partial charge in [-0.3, -0.25) is 0 Å². The predicted molar refractivity (Wildman–Crippen MR) is 57.7 cm³/mol. The fraction of sp³-hybridized carbons (Fsp3) is 1.00. The van der Waals surface area contributed by atoms with Crippen LogP contribution in [0, 0.1) is 0 Å². The summed E-state index contributed by atoms with van der Waals surface area (Å²) in [6, 6.07) is 2.62. The molecular weight excluding hydrogens is 204 g/mol. The van der Waals surface area contributed by atoms with Gasteiger partial charge in [-0.05, 0) is 25.1 Å². The monoisotopic (exact) mass is 224 g/mol. The highest BCUT2D eigenvalue weighted by Gasteiger charge is 2.33. The smallest absolute Gasteiger partial charge is 0.257 e. The van der Waals surface area contributed by atoms with Crippen molar-refractivity contribution in [2.24, 2.45) is 0 Å². The number of hydrogen-bond acceptors (Lipinski definition) is 3. The van der Waals surface area contributed by atoms with Crippen LogP contribution in [0.2, 0.25) is 18.1 Å². The quantitative estimate of drug-likeness (QED) is 0.651. The average Bonchev–Trinajstić information content (AvgIpc) is 2.14. The normalized spacial score (nSPS) is 13.2. The Bertz CT molecular complexity index is 224. The van der Waals surface area contributed by atoms with Crippen LogP contribution in [0.25, 0.3) is 0 Å². The summed E-state index contributed by atoms with van der Waals surface area (Å²) in [5.74, 6) is 0.0851. The van der Waals surface area contributed by atoms with Crippen molar-refractivity contribution in [3.8, 4) is 0 Å². The number of rotatable bonds is 6. The lowest BCUT2D eigenvalue weighted by Crippen LogP contribution is -2.38. The molecule has 0 radical (unpaired) electrons. The zero-order valence-electron chi connectivity index (χ0n) is 8.96. The van der Waals surface area contributed by atoms with Crippen molar-refractivity contribution in [1.82, 2.24) is 0 Å². The maximum absolute atomic E-state index is 11.3. The van der Waals surface area contributed by atoms with Crippen molar-refractivity contribution >= 4 is 18.4 Å². The molecule has 0 aromatic heterocycles. The summed E-state index contributed by atoms with van der Waals surface area (Å²) in [6.07, 6.45) is 0. The van der Waals surface area contributed by atoms with Gasteiger partial charge < -0.3 is 3.87 Å². The first-order chi connectivity index (χ1) is 5.95. The first kappa shape index (κ1) is 13.1. The zero-order chi connectivity index (χ0) is 10.5. The molecule has 0 heterocycles. The van der Waals surface area contributed by atoms with Gasteiger partial charge in [0.15, 0.2) is 0 Å². The summed E-state index contributed by atoms with van der Waals surface area (Å²) in [7, 11) is -5.21. The van der Waals surface area contributed by atoms with E-state index in [-0.39, 0.29) is 5.75 Å². The third-order valence-electron chi connectivity index (χ3n) is 2.59. The Morgan fingerprint density at radius 2 is 1.38 bits per heavy atom. The van der Waals surface area contributed by atoms with Gasteiger partial charge in [0.05, 0.1) is 5.75 Å². The van der Waals surface area contributed by atoms with Gasteiger partial charge in [-0.15, -0.1) is 0 Å². The van der Waals surface area contributed by atoms with E-state index in [0.717, 1.165) is 18.1 Å². The molecule has 0 aliphatic heterocycles. The predicted octanol–water partition coefficient (Wildman–Crippen LogP) is 2.36. The van der Waals surface area contributed by atoms with E-state index in [1.54, 1.807) is 6.92 Å². The molecule has 0 aliphatic carbocycles. The molecule has 3 nitrogen and oxygen atoms in total. The third kappa shape index (κ3) is 3.78. The topological polar surface area (TPSA) is 43.4 Å². The van der Waals surface area contributed by atoms with E-state index in [1.807, 2.05) is 20.8 Å². The van der Waals surface area contributed by atoms with Gasteiger partial charge in [-0.25, -0.2) is 8.42 Å². The van der Waals surface area contributed by atoms with Gasteiger partial charge in [0.25, 0.3) is 10.1 Å². The molecule has 0 spiro atoms. The SMILES string of the molecule is CC[Si](CC)(CC)OS(=O)(=O)CC. The molecule has 0 amide bonds. The minimum Gasteiger partial charge on any atom is -0.315 e. The van der Waals surface area contributed by atoms with E-state index in [9.17, 15) is 8.42 Å². The van der Waals surface area contributed by atoms with Crippen LogP contribution in [0.5, 0.6) is 0 Å². The van der Waals surface area contributed by atoms with E-state index < -0.39 is 18.4 Å². The molecule has 0 N–H and O–H groups in total. The van der Waals surface area contributed by atoms with Crippen LogP contribution in [0.4, 0.5) is 0 Å². The van der Waals surface area contributed by atoms with E-state index >= 15 is 0 Å². The van der Waals surface area contributed by atoms with Crippen molar-refractivity contribution in [2.75, 3.05) is 5.75 Å². The molecule has 0 aromatic rings. The van der Waals surface area contributed by atoms with Crippen LogP contribution >= 0.6 is 0 Å². The van der Waals surface area contributed by atoms with E-state index in [0.29, 0.717) is 0 Å². The Kier molecular flexibility index (Phi) is 5.17. The lowest BCUT2D eigenvalue weighted by atomic mass is 10.9. The van der Waals surface area contributed by atoms with Gasteiger partial charge in [0.2, 0.25) is 8.32 Å². The van der Waals surface area contributed by atoms with Crippen LogP contribution in [0.15, 0.2) is 0 Å². The molecule has 0 aliphatic rings. The maximum Gasteiger partial charge on any atom is 0.257 e. The molecule has 0 fully saturated rings. The molecule has 0 saturated carbocycles. The maximum atomic E-state index is 11.3. The standard InChI is InChI=1S/C8H20O3SSi/c1-5-12(9,10)11-13(6-2,7-3)8-4/h5-8H2,1-4H3. The Hall–Kier alpha value is 0.127. The highest BCUT2D eigenvalue weighted by molar-refractivity contribution is 7.87. The Balaban J connectivity index is 4.61. The van der Waals surface area contributed by atoms with E-state index in [4.69, 9.17) is 3.87 Å². The molecule has 0 bridgehead atoms. The largest absolute Gasteiger partial charge is 0.315 e. The lowest BCUT2D eigenvalue weighted by molar-refractivity contribution is 0.476. The first-order valence-corrected chi connectivity index (χ1v) is 8.99. The molecule has 0 rings (SSSR count). The van der Waals surface area contributed by atoms with Gasteiger partial charge in [-0.1, -0.05) is 20.8 Å². The van der Waals surface area contributed by atoms with Crippen LogP contribution in [0.1, 0.15) is 27.7 Å². The molecule has 13 heavy (non-hydrogen) atoms. The lowest BCUT2D eigenvalue weighted by Gasteiger charge is -2.26. The summed E-state index contributed by atoms with van der Waals surface area (Å²) in [5, 5.41) is 0. The molecule has 5 heteroatoms.